The third-order valence-electron chi connectivity index (χ3n) is 4.81. The van der Waals surface area contributed by atoms with Crippen molar-refractivity contribution < 1.29 is 19.5 Å². The molecule has 0 bridgehead atoms. The van der Waals surface area contributed by atoms with Gasteiger partial charge in [-0.3, -0.25) is 4.79 Å². The van der Waals surface area contributed by atoms with Gasteiger partial charge in [-0.2, -0.15) is 0 Å². The van der Waals surface area contributed by atoms with Gasteiger partial charge in [-0.05, 0) is 36.4 Å². The van der Waals surface area contributed by atoms with Gasteiger partial charge in [-0.25, -0.2) is 0 Å². The largest absolute Gasteiger partial charge is 0.491 e. The molecule has 150 valence electrons. The molecular formula is C21H27ClN3O3+. The maximum Gasteiger partial charge on any atom is 0.221 e. The van der Waals surface area contributed by atoms with Crippen molar-refractivity contribution in [1.82, 2.24) is 0 Å². The van der Waals surface area contributed by atoms with Crippen LogP contribution >= 0.6 is 11.6 Å². The molecule has 2 aromatic rings. The van der Waals surface area contributed by atoms with E-state index in [4.69, 9.17) is 16.3 Å². The van der Waals surface area contributed by atoms with Crippen molar-refractivity contribution in [2.75, 3.05) is 49.5 Å². The highest BCUT2D eigenvalue weighted by atomic mass is 35.5. The molecule has 6 nitrogen and oxygen atoms in total. The molecule has 0 aromatic heterocycles. The first-order chi connectivity index (χ1) is 13.5. The molecule has 1 saturated heterocycles. The van der Waals surface area contributed by atoms with Gasteiger partial charge in [-0.15, -0.1) is 0 Å². The summed E-state index contributed by atoms with van der Waals surface area (Å²) in [6.45, 7) is 6.10. The van der Waals surface area contributed by atoms with E-state index in [1.165, 1.54) is 11.8 Å². The second-order valence-electron chi connectivity index (χ2n) is 7.06. The van der Waals surface area contributed by atoms with Crippen molar-refractivity contribution in [3.63, 3.8) is 0 Å². The topological polar surface area (TPSA) is 66.2 Å². The standard InChI is InChI=1S/C21H26ClN3O3/c1-16(26)23-17-6-8-19(9-7-17)28-15-18(27)14-24-10-12-25(13-11-24)21-5-3-2-4-20(21)22/h2-9,18,27H,10-15H2,1H3,(H,23,26)/p+1/t18-/m0/s1. The summed E-state index contributed by atoms with van der Waals surface area (Å²) in [5, 5.41) is 13.8. The average Bonchev–Trinajstić information content (AvgIpc) is 2.68. The lowest BCUT2D eigenvalue weighted by molar-refractivity contribution is -0.903. The SMILES string of the molecule is CC(=O)Nc1ccc(OC[C@@H](O)C[NH+]2CCN(c3ccccc3Cl)CC2)cc1. The van der Waals surface area contributed by atoms with Crippen LogP contribution in [-0.4, -0.2) is 56.4 Å². The number of piperazine rings is 1. The fourth-order valence-corrected chi connectivity index (χ4v) is 3.65. The zero-order chi connectivity index (χ0) is 19.9. The molecule has 1 atom stereocenters. The fourth-order valence-electron chi connectivity index (χ4n) is 3.40. The molecule has 0 radical (unpaired) electrons. The number of rotatable bonds is 7. The Hall–Kier alpha value is -2.28. The van der Waals surface area contributed by atoms with Crippen molar-refractivity contribution in [2.24, 2.45) is 0 Å². The van der Waals surface area contributed by atoms with Crippen LogP contribution in [0.15, 0.2) is 48.5 Å². The Kier molecular flexibility index (Phi) is 7.14. The van der Waals surface area contributed by atoms with E-state index in [1.807, 2.05) is 24.3 Å². The Bertz CT molecular complexity index is 777. The molecule has 3 N–H and O–H groups in total. The number of halogens is 1. The lowest BCUT2D eigenvalue weighted by Crippen LogP contribution is -3.16. The summed E-state index contributed by atoms with van der Waals surface area (Å²) >= 11 is 6.29. The molecular weight excluding hydrogens is 378 g/mol. The van der Waals surface area contributed by atoms with Crippen LogP contribution in [-0.2, 0) is 4.79 Å². The number of hydrogen-bond donors (Lipinski definition) is 3. The van der Waals surface area contributed by atoms with Crippen LogP contribution in [0.1, 0.15) is 6.92 Å². The Balaban J connectivity index is 1.40. The zero-order valence-electron chi connectivity index (χ0n) is 16.0. The number of ether oxygens (including phenoxy) is 1. The number of nitrogens with zero attached hydrogens (tertiary/aromatic N) is 1. The number of benzene rings is 2. The lowest BCUT2D eigenvalue weighted by atomic mass is 10.2. The highest BCUT2D eigenvalue weighted by Gasteiger charge is 2.23. The van der Waals surface area contributed by atoms with E-state index in [-0.39, 0.29) is 12.5 Å². The van der Waals surface area contributed by atoms with Gasteiger partial charge in [0.2, 0.25) is 5.91 Å². The maximum absolute atomic E-state index is 11.0. The van der Waals surface area contributed by atoms with Crippen molar-refractivity contribution in [1.29, 1.82) is 0 Å². The first-order valence-corrected chi connectivity index (χ1v) is 9.90. The highest BCUT2D eigenvalue weighted by Crippen LogP contribution is 2.24. The molecule has 0 saturated carbocycles. The smallest absolute Gasteiger partial charge is 0.221 e. The Morgan fingerprint density at radius 3 is 2.54 bits per heavy atom. The summed E-state index contributed by atoms with van der Waals surface area (Å²) in [7, 11) is 0. The van der Waals surface area contributed by atoms with Crippen molar-refractivity contribution in [3.05, 3.63) is 53.6 Å². The van der Waals surface area contributed by atoms with Gasteiger partial charge in [0.15, 0.2) is 0 Å². The molecule has 7 heteroatoms. The molecule has 0 spiro atoms. The van der Waals surface area contributed by atoms with Gasteiger partial charge < -0.3 is 25.0 Å². The number of anilines is 2. The molecule has 28 heavy (non-hydrogen) atoms. The fraction of sp³-hybridized carbons (Fsp3) is 0.381. The second kappa shape index (κ2) is 9.78. The summed E-state index contributed by atoms with van der Waals surface area (Å²) in [5.74, 6) is 0.563. The first kappa shape index (κ1) is 20.5. The number of para-hydroxylation sites is 1. The Morgan fingerprint density at radius 1 is 1.21 bits per heavy atom. The Morgan fingerprint density at radius 2 is 1.89 bits per heavy atom. The van der Waals surface area contributed by atoms with Gasteiger partial charge in [0.25, 0.3) is 0 Å². The predicted octanol–water partition coefficient (Wildman–Crippen LogP) is 1.44. The van der Waals surface area contributed by atoms with Crippen molar-refractivity contribution >= 4 is 28.9 Å². The molecule has 1 amide bonds. The van der Waals surface area contributed by atoms with E-state index in [2.05, 4.69) is 10.2 Å². The summed E-state index contributed by atoms with van der Waals surface area (Å²) in [6.07, 6.45) is -0.531. The minimum atomic E-state index is -0.531. The average molecular weight is 405 g/mol. The van der Waals surface area contributed by atoms with E-state index >= 15 is 0 Å². The van der Waals surface area contributed by atoms with Crippen LogP contribution in [0.25, 0.3) is 0 Å². The van der Waals surface area contributed by atoms with Gasteiger partial charge in [-0.1, -0.05) is 23.7 Å². The lowest BCUT2D eigenvalue weighted by Gasteiger charge is -2.34. The Labute approximate surface area is 170 Å². The summed E-state index contributed by atoms with van der Waals surface area (Å²) in [5.41, 5.74) is 1.80. The summed E-state index contributed by atoms with van der Waals surface area (Å²) in [6, 6.07) is 15.0. The number of quaternary nitrogens is 1. The molecule has 1 aliphatic heterocycles. The van der Waals surface area contributed by atoms with Crippen molar-refractivity contribution in [2.45, 2.75) is 13.0 Å². The molecule has 1 fully saturated rings. The minimum absolute atomic E-state index is 0.110. The van der Waals surface area contributed by atoms with Crippen LogP contribution < -0.4 is 19.9 Å². The van der Waals surface area contributed by atoms with Crippen LogP contribution in [0.3, 0.4) is 0 Å². The van der Waals surface area contributed by atoms with E-state index in [9.17, 15) is 9.90 Å². The molecule has 3 rings (SSSR count). The van der Waals surface area contributed by atoms with Crippen LogP contribution in [0, 0.1) is 0 Å². The van der Waals surface area contributed by atoms with Gasteiger partial charge >= 0.3 is 0 Å². The molecule has 2 aromatic carbocycles. The molecule has 0 unspecified atom stereocenters. The van der Waals surface area contributed by atoms with Crippen LogP contribution in [0.5, 0.6) is 5.75 Å². The van der Waals surface area contributed by atoms with Gasteiger partial charge in [0.05, 0.1) is 36.9 Å². The summed E-state index contributed by atoms with van der Waals surface area (Å²) in [4.78, 5) is 14.7. The monoisotopic (exact) mass is 404 g/mol. The van der Waals surface area contributed by atoms with E-state index in [0.717, 1.165) is 42.6 Å². The number of hydrogen-bond acceptors (Lipinski definition) is 4. The number of aliphatic hydroxyl groups is 1. The molecule has 1 heterocycles. The second-order valence-corrected chi connectivity index (χ2v) is 7.47. The molecule has 0 aliphatic carbocycles. The van der Waals surface area contributed by atoms with E-state index in [0.29, 0.717) is 12.3 Å². The summed E-state index contributed by atoms with van der Waals surface area (Å²) < 4.78 is 5.67. The van der Waals surface area contributed by atoms with Crippen LogP contribution in [0.2, 0.25) is 5.02 Å². The maximum atomic E-state index is 11.0. The number of aliphatic hydroxyl groups excluding tert-OH is 1. The third kappa shape index (κ3) is 5.86. The van der Waals surface area contributed by atoms with Crippen LogP contribution in [0.4, 0.5) is 11.4 Å². The number of nitrogens with one attached hydrogen (secondary N) is 2. The van der Waals surface area contributed by atoms with Gasteiger partial charge in [0, 0.05) is 12.6 Å². The van der Waals surface area contributed by atoms with Crippen molar-refractivity contribution in [3.8, 4) is 5.75 Å². The third-order valence-corrected chi connectivity index (χ3v) is 5.12. The first-order valence-electron chi connectivity index (χ1n) is 9.53. The zero-order valence-corrected chi connectivity index (χ0v) is 16.8. The van der Waals surface area contributed by atoms with E-state index in [1.54, 1.807) is 24.3 Å². The minimum Gasteiger partial charge on any atom is -0.491 e. The number of carbonyl (C=O) groups excluding carboxylic acids is 1. The highest BCUT2D eigenvalue weighted by molar-refractivity contribution is 6.33. The quantitative estimate of drug-likeness (QED) is 0.653. The predicted molar refractivity (Wildman–Crippen MR) is 111 cm³/mol. The van der Waals surface area contributed by atoms with Gasteiger partial charge in [0.1, 0.15) is 25.0 Å². The number of carbonyl (C=O) groups is 1. The van der Waals surface area contributed by atoms with E-state index < -0.39 is 6.10 Å². The molecule has 1 aliphatic rings. The number of amides is 1. The normalized spacial score (nSPS) is 15.9.